The van der Waals surface area contributed by atoms with E-state index in [1.165, 1.54) is 29.8 Å². The maximum absolute atomic E-state index is 13.5. The number of hydrogen-bond donors (Lipinski definition) is 4. The third-order valence-corrected chi connectivity index (χ3v) is 10.6. The average Bonchev–Trinajstić information content (AvgIpc) is 3.58. The molecule has 4 N–H and O–H groups in total. The fourth-order valence-electron chi connectivity index (χ4n) is 6.53. The van der Waals surface area contributed by atoms with Crippen molar-refractivity contribution in [3.05, 3.63) is 77.5 Å². The first-order chi connectivity index (χ1) is 22.6. The third kappa shape index (κ3) is 9.51. The Bertz CT molecular complexity index is 1620. The summed E-state index contributed by atoms with van der Waals surface area (Å²) < 4.78 is 25.6. The van der Waals surface area contributed by atoms with Crippen LogP contribution in [0.3, 0.4) is 0 Å². The van der Waals surface area contributed by atoms with Gasteiger partial charge in [0.25, 0.3) is 11.8 Å². The minimum Gasteiger partial charge on any atom is -0.350 e. The molecule has 2 aliphatic rings. The van der Waals surface area contributed by atoms with Gasteiger partial charge in [-0.25, -0.2) is 12.7 Å². The van der Waals surface area contributed by atoms with Gasteiger partial charge in [-0.15, -0.1) is 0 Å². The number of amides is 3. The van der Waals surface area contributed by atoms with E-state index in [1.54, 1.807) is 30.3 Å². The maximum atomic E-state index is 13.5. The topological polar surface area (TPSA) is 153 Å². The van der Waals surface area contributed by atoms with E-state index in [0.717, 1.165) is 30.4 Å². The number of H-pyrrole nitrogens is 1. The number of nitrogens with zero attached hydrogens (tertiary/aromatic N) is 2. The maximum Gasteiger partial charge on any atom is 0.269 e. The molecule has 1 aliphatic carbocycles. The van der Waals surface area contributed by atoms with Crippen molar-refractivity contribution in [1.29, 1.82) is 0 Å². The zero-order valence-corrected chi connectivity index (χ0v) is 28.0. The predicted molar refractivity (Wildman–Crippen MR) is 181 cm³/mol. The standard InChI is InChI=1S/C35H46N6O5S/c1-24(36-35(44)32-22-31(39-40-32)27-12-7-4-8-13-27)26-16-18-28(19-17-26)33(42)38-30(20-15-25-10-5-3-6-11-25)34(43)37-29-14-9-21-41(23-29)47(2,45)46/h4,7-8,12-13,16-19,22,24-25,29-30H,3,5-6,9-11,14-15,20-21,23H2,1-2H3,(H,36,44)(H,37,43)(H,38,42)(H,39,40)/t24?,29-,30+/m1/s1. The number of carbonyl (C=O) groups is 3. The Kier molecular flexibility index (Phi) is 11.5. The Labute approximate surface area is 277 Å². The molecule has 0 radical (unpaired) electrons. The van der Waals surface area contributed by atoms with E-state index in [9.17, 15) is 22.8 Å². The van der Waals surface area contributed by atoms with E-state index in [-0.39, 0.29) is 36.3 Å². The van der Waals surface area contributed by atoms with Crippen molar-refractivity contribution >= 4 is 27.7 Å². The van der Waals surface area contributed by atoms with E-state index in [2.05, 4.69) is 26.1 Å². The van der Waals surface area contributed by atoms with Gasteiger partial charge in [0, 0.05) is 30.3 Å². The minimum atomic E-state index is -3.35. The van der Waals surface area contributed by atoms with Crippen LogP contribution in [0.15, 0.2) is 60.7 Å². The van der Waals surface area contributed by atoms with Crippen LogP contribution in [0.2, 0.25) is 0 Å². The predicted octanol–water partition coefficient (Wildman–Crippen LogP) is 4.57. The first kappa shape index (κ1) is 34.3. The van der Waals surface area contributed by atoms with Gasteiger partial charge < -0.3 is 16.0 Å². The van der Waals surface area contributed by atoms with Crippen LogP contribution in [0.1, 0.15) is 97.2 Å². The number of sulfonamides is 1. The zero-order chi connectivity index (χ0) is 33.4. The van der Waals surface area contributed by atoms with Crippen molar-refractivity contribution in [2.24, 2.45) is 5.92 Å². The van der Waals surface area contributed by atoms with Gasteiger partial charge in [0.2, 0.25) is 15.9 Å². The Morgan fingerprint density at radius 3 is 2.36 bits per heavy atom. The molecule has 11 nitrogen and oxygen atoms in total. The van der Waals surface area contributed by atoms with Gasteiger partial charge >= 0.3 is 0 Å². The molecule has 47 heavy (non-hydrogen) atoms. The Hall–Kier alpha value is -4.03. The van der Waals surface area contributed by atoms with Crippen LogP contribution in [0, 0.1) is 5.92 Å². The summed E-state index contributed by atoms with van der Waals surface area (Å²) in [6.07, 6.45) is 9.81. The Morgan fingerprint density at radius 2 is 1.66 bits per heavy atom. The minimum absolute atomic E-state index is 0.235. The number of aromatic nitrogens is 2. The Balaban J connectivity index is 1.19. The van der Waals surface area contributed by atoms with Crippen molar-refractivity contribution in [3.8, 4) is 11.3 Å². The fourth-order valence-corrected chi connectivity index (χ4v) is 7.44. The zero-order valence-electron chi connectivity index (χ0n) is 27.2. The fraction of sp³-hybridized carbons (Fsp3) is 0.486. The highest BCUT2D eigenvalue weighted by atomic mass is 32.2. The lowest BCUT2D eigenvalue weighted by Gasteiger charge is -2.32. The molecule has 1 saturated carbocycles. The van der Waals surface area contributed by atoms with Gasteiger partial charge in [-0.3, -0.25) is 19.5 Å². The van der Waals surface area contributed by atoms with Gasteiger partial charge in [0.1, 0.15) is 11.7 Å². The lowest BCUT2D eigenvalue weighted by Crippen LogP contribution is -2.54. The van der Waals surface area contributed by atoms with Crippen LogP contribution >= 0.6 is 0 Å². The van der Waals surface area contributed by atoms with Gasteiger partial charge in [0.15, 0.2) is 0 Å². The van der Waals surface area contributed by atoms with Crippen molar-refractivity contribution in [1.82, 2.24) is 30.5 Å². The smallest absolute Gasteiger partial charge is 0.269 e. The molecule has 12 heteroatoms. The molecule has 0 spiro atoms. The number of rotatable bonds is 12. The molecule has 5 rings (SSSR count). The SMILES string of the molecule is CC(NC(=O)c1cc(-c2ccccc2)n[nH]1)c1ccc(C(=O)N[C@@H](CCC2CCCCC2)C(=O)N[C@@H]2CCCN(S(C)(=O)=O)C2)cc1. The highest BCUT2D eigenvalue weighted by molar-refractivity contribution is 7.88. The summed E-state index contributed by atoms with van der Waals surface area (Å²) in [5, 5.41) is 16.0. The molecule has 3 atom stereocenters. The normalized spacial score (nSPS) is 19.0. The highest BCUT2D eigenvalue weighted by Gasteiger charge is 2.30. The molecule has 1 aromatic heterocycles. The van der Waals surface area contributed by atoms with E-state index in [4.69, 9.17) is 0 Å². The number of hydrogen-bond acceptors (Lipinski definition) is 6. The first-order valence-corrected chi connectivity index (χ1v) is 18.5. The summed E-state index contributed by atoms with van der Waals surface area (Å²) in [5.41, 5.74) is 3.16. The second-order valence-electron chi connectivity index (χ2n) is 12.9. The molecule has 2 heterocycles. The molecule has 3 aromatic rings. The summed E-state index contributed by atoms with van der Waals surface area (Å²) in [7, 11) is -3.35. The molecule has 0 bridgehead atoms. The molecular weight excluding hydrogens is 616 g/mol. The second kappa shape index (κ2) is 15.7. The van der Waals surface area contributed by atoms with E-state index in [1.807, 2.05) is 37.3 Å². The first-order valence-electron chi connectivity index (χ1n) is 16.6. The monoisotopic (exact) mass is 662 g/mol. The van der Waals surface area contributed by atoms with Gasteiger partial charge in [-0.1, -0.05) is 74.6 Å². The number of piperidine rings is 1. The van der Waals surface area contributed by atoms with E-state index >= 15 is 0 Å². The molecule has 2 fully saturated rings. The summed E-state index contributed by atoms with van der Waals surface area (Å²) in [6, 6.07) is 16.9. The molecule has 1 unspecified atom stereocenters. The quantitative estimate of drug-likeness (QED) is 0.223. The molecule has 252 valence electrons. The summed E-state index contributed by atoms with van der Waals surface area (Å²) in [6.45, 7) is 2.55. The van der Waals surface area contributed by atoms with Crippen LogP contribution in [0.25, 0.3) is 11.3 Å². The van der Waals surface area contributed by atoms with Crippen LogP contribution in [-0.4, -0.2) is 72.1 Å². The third-order valence-electron chi connectivity index (χ3n) is 9.32. The van der Waals surface area contributed by atoms with Crippen molar-refractivity contribution in [2.75, 3.05) is 19.3 Å². The highest BCUT2D eigenvalue weighted by Crippen LogP contribution is 2.28. The van der Waals surface area contributed by atoms with E-state index < -0.39 is 16.1 Å². The lowest BCUT2D eigenvalue weighted by molar-refractivity contribution is -0.124. The molecule has 1 aliphatic heterocycles. The summed E-state index contributed by atoms with van der Waals surface area (Å²) >= 11 is 0. The van der Waals surface area contributed by atoms with Crippen LogP contribution in [-0.2, 0) is 14.8 Å². The molecule has 1 saturated heterocycles. The van der Waals surface area contributed by atoms with Gasteiger partial charge in [0.05, 0.1) is 18.0 Å². The lowest BCUT2D eigenvalue weighted by atomic mass is 9.85. The van der Waals surface area contributed by atoms with Crippen LogP contribution in [0.4, 0.5) is 0 Å². The average molecular weight is 663 g/mol. The number of aromatic amines is 1. The second-order valence-corrected chi connectivity index (χ2v) is 14.9. The van der Waals surface area contributed by atoms with Crippen molar-refractivity contribution < 1.29 is 22.8 Å². The number of nitrogens with one attached hydrogen (secondary N) is 4. The van der Waals surface area contributed by atoms with Gasteiger partial charge in [-0.2, -0.15) is 5.10 Å². The summed E-state index contributed by atoms with van der Waals surface area (Å²) in [4.78, 5) is 39.8. The molecule has 2 aromatic carbocycles. The van der Waals surface area contributed by atoms with Crippen LogP contribution in [0.5, 0.6) is 0 Å². The van der Waals surface area contributed by atoms with E-state index in [0.29, 0.717) is 48.7 Å². The number of benzene rings is 2. The summed E-state index contributed by atoms with van der Waals surface area (Å²) in [5.74, 6) is -0.395. The molecular formula is C35H46N6O5S. The molecule has 3 amide bonds. The van der Waals surface area contributed by atoms with Crippen LogP contribution < -0.4 is 16.0 Å². The van der Waals surface area contributed by atoms with Crippen molar-refractivity contribution in [2.45, 2.75) is 82.8 Å². The van der Waals surface area contributed by atoms with Crippen molar-refractivity contribution in [3.63, 3.8) is 0 Å². The Morgan fingerprint density at radius 1 is 0.936 bits per heavy atom. The number of carbonyl (C=O) groups excluding carboxylic acids is 3. The largest absolute Gasteiger partial charge is 0.350 e. The van der Waals surface area contributed by atoms with Gasteiger partial charge in [-0.05, 0) is 62.3 Å².